The summed E-state index contributed by atoms with van der Waals surface area (Å²) in [6.45, 7) is 8.10. The lowest BCUT2D eigenvalue weighted by Gasteiger charge is -2.41. The maximum atomic E-state index is 13.0. The smallest absolute Gasteiger partial charge is 0.246 e. The third-order valence-corrected chi connectivity index (χ3v) is 5.82. The van der Waals surface area contributed by atoms with Crippen LogP contribution in [-0.4, -0.2) is 53.8 Å². The summed E-state index contributed by atoms with van der Waals surface area (Å²) >= 11 is 0. The number of ether oxygens (including phenoxy) is 1. The summed E-state index contributed by atoms with van der Waals surface area (Å²) in [4.78, 5) is 0.290. The number of aromatic nitrogens is 2. The second kappa shape index (κ2) is 5.35. The van der Waals surface area contributed by atoms with Crippen LogP contribution in [0.25, 0.3) is 0 Å². The maximum absolute atomic E-state index is 13.0. The molecular formula is C13H24N4O3S. The Morgan fingerprint density at radius 2 is 2.05 bits per heavy atom. The molecule has 2 rings (SSSR count). The molecule has 1 aromatic rings. The highest BCUT2D eigenvalue weighted by Crippen LogP contribution is 2.29. The lowest BCUT2D eigenvalue weighted by molar-refractivity contribution is -0.112. The summed E-state index contributed by atoms with van der Waals surface area (Å²) in [5, 5.41) is 4.20. The van der Waals surface area contributed by atoms with Gasteiger partial charge in [0.25, 0.3) is 0 Å². The van der Waals surface area contributed by atoms with Gasteiger partial charge in [0.1, 0.15) is 4.90 Å². The quantitative estimate of drug-likeness (QED) is 0.858. The van der Waals surface area contributed by atoms with Gasteiger partial charge in [0.15, 0.2) is 0 Å². The summed E-state index contributed by atoms with van der Waals surface area (Å²) in [5.41, 5.74) is 6.27. The zero-order valence-corrected chi connectivity index (χ0v) is 14.1. The number of morpholine rings is 1. The fourth-order valence-electron chi connectivity index (χ4n) is 2.80. The van der Waals surface area contributed by atoms with E-state index in [1.54, 1.807) is 25.6 Å². The molecule has 7 nitrogen and oxygen atoms in total. The SMILES string of the molecule is Cc1nn(C)c(C)c1S(=O)(=O)N1CC(CN)OC(C)(C)C1. The normalized spacial score (nSPS) is 23.4. The Morgan fingerprint density at radius 3 is 2.52 bits per heavy atom. The van der Waals surface area contributed by atoms with Crippen LogP contribution in [0.4, 0.5) is 0 Å². The van der Waals surface area contributed by atoms with Crippen molar-refractivity contribution >= 4 is 10.0 Å². The minimum atomic E-state index is -3.60. The number of hydrogen-bond acceptors (Lipinski definition) is 5. The molecule has 1 fully saturated rings. The van der Waals surface area contributed by atoms with Crippen LogP contribution in [0.2, 0.25) is 0 Å². The van der Waals surface area contributed by atoms with E-state index in [0.29, 0.717) is 29.4 Å². The fourth-order valence-corrected chi connectivity index (χ4v) is 4.83. The highest BCUT2D eigenvalue weighted by Gasteiger charge is 2.40. The van der Waals surface area contributed by atoms with Gasteiger partial charge in [-0.25, -0.2) is 8.42 Å². The molecule has 0 saturated carbocycles. The van der Waals surface area contributed by atoms with E-state index in [1.165, 1.54) is 4.31 Å². The minimum Gasteiger partial charge on any atom is -0.368 e. The highest BCUT2D eigenvalue weighted by atomic mass is 32.2. The molecule has 120 valence electrons. The van der Waals surface area contributed by atoms with Crippen molar-refractivity contribution in [2.24, 2.45) is 12.8 Å². The third-order valence-electron chi connectivity index (χ3n) is 3.75. The second-order valence-corrected chi connectivity index (χ2v) is 8.03. The van der Waals surface area contributed by atoms with Gasteiger partial charge in [0, 0.05) is 26.7 Å². The van der Waals surface area contributed by atoms with Crippen LogP contribution in [0.15, 0.2) is 4.90 Å². The van der Waals surface area contributed by atoms with Gasteiger partial charge in [-0.2, -0.15) is 9.40 Å². The van der Waals surface area contributed by atoms with Gasteiger partial charge in [-0.05, 0) is 27.7 Å². The van der Waals surface area contributed by atoms with Crippen molar-refractivity contribution in [2.45, 2.75) is 44.3 Å². The Bertz CT molecular complexity index is 636. The minimum absolute atomic E-state index is 0.274. The van der Waals surface area contributed by atoms with Crippen LogP contribution in [-0.2, 0) is 21.8 Å². The lowest BCUT2D eigenvalue weighted by Crippen LogP contribution is -2.56. The molecule has 0 spiro atoms. The zero-order valence-electron chi connectivity index (χ0n) is 13.3. The molecule has 0 bridgehead atoms. The average molecular weight is 316 g/mol. The molecule has 1 unspecified atom stereocenters. The molecule has 1 aromatic heterocycles. The van der Waals surface area contributed by atoms with E-state index in [-0.39, 0.29) is 12.6 Å². The molecule has 2 N–H and O–H groups in total. The molecule has 0 aromatic carbocycles. The van der Waals surface area contributed by atoms with E-state index in [0.717, 1.165) is 0 Å². The lowest BCUT2D eigenvalue weighted by atomic mass is 10.1. The van der Waals surface area contributed by atoms with Crippen LogP contribution >= 0.6 is 0 Å². The predicted molar refractivity (Wildman–Crippen MR) is 79.4 cm³/mol. The van der Waals surface area contributed by atoms with Crippen molar-refractivity contribution in [1.29, 1.82) is 0 Å². The summed E-state index contributed by atoms with van der Waals surface area (Å²) in [6, 6.07) is 0. The number of hydrogen-bond donors (Lipinski definition) is 1. The van der Waals surface area contributed by atoms with Crippen molar-refractivity contribution in [3.05, 3.63) is 11.4 Å². The Labute approximate surface area is 126 Å². The third kappa shape index (κ3) is 2.98. The maximum Gasteiger partial charge on any atom is 0.246 e. The van der Waals surface area contributed by atoms with Gasteiger partial charge >= 0.3 is 0 Å². The first-order valence-corrected chi connectivity index (χ1v) is 8.41. The molecule has 21 heavy (non-hydrogen) atoms. The molecule has 0 amide bonds. The molecule has 1 aliphatic rings. The second-order valence-electron chi connectivity index (χ2n) is 6.16. The molecule has 2 heterocycles. The molecule has 0 aliphatic carbocycles. The highest BCUT2D eigenvalue weighted by molar-refractivity contribution is 7.89. The molecule has 1 saturated heterocycles. The van der Waals surface area contributed by atoms with Crippen LogP contribution in [0.5, 0.6) is 0 Å². The molecular weight excluding hydrogens is 292 g/mol. The Kier molecular flexibility index (Phi) is 4.18. The van der Waals surface area contributed by atoms with Crippen molar-refractivity contribution in [1.82, 2.24) is 14.1 Å². The number of rotatable bonds is 3. The van der Waals surface area contributed by atoms with E-state index in [2.05, 4.69) is 5.10 Å². The Morgan fingerprint density at radius 1 is 1.43 bits per heavy atom. The van der Waals surface area contributed by atoms with Crippen molar-refractivity contribution in [3.8, 4) is 0 Å². The van der Waals surface area contributed by atoms with Gasteiger partial charge in [-0.15, -0.1) is 0 Å². The average Bonchev–Trinajstić information content (AvgIpc) is 2.61. The molecule has 1 atom stereocenters. The Hall–Kier alpha value is -0.960. The largest absolute Gasteiger partial charge is 0.368 e. The number of aryl methyl sites for hydroxylation is 2. The zero-order chi connectivity index (χ0) is 16.0. The summed E-state index contributed by atoms with van der Waals surface area (Å²) in [7, 11) is -1.86. The first kappa shape index (κ1) is 16.4. The monoisotopic (exact) mass is 316 g/mol. The van der Waals surface area contributed by atoms with Gasteiger partial charge in [-0.1, -0.05) is 0 Å². The van der Waals surface area contributed by atoms with Crippen molar-refractivity contribution in [3.63, 3.8) is 0 Å². The van der Waals surface area contributed by atoms with Crippen LogP contribution in [0.3, 0.4) is 0 Å². The summed E-state index contributed by atoms with van der Waals surface area (Å²) in [6.07, 6.45) is -0.291. The van der Waals surface area contributed by atoms with Gasteiger partial charge in [-0.3, -0.25) is 4.68 Å². The van der Waals surface area contributed by atoms with Crippen molar-refractivity contribution in [2.75, 3.05) is 19.6 Å². The van der Waals surface area contributed by atoms with Crippen LogP contribution < -0.4 is 5.73 Å². The van der Waals surface area contributed by atoms with Crippen LogP contribution in [0.1, 0.15) is 25.2 Å². The van der Waals surface area contributed by atoms with Gasteiger partial charge in [0.2, 0.25) is 10.0 Å². The van der Waals surface area contributed by atoms with Gasteiger partial charge in [0.05, 0.1) is 23.1 Å². The number of sulfonamides is 1. The topological polar surface area (TPSA) is 90.5 Å². The summed E-state index contributed by atoms with van der Waals surface area (Å²) in [5.74, 6) is 0. The van der Waals surface area contributed by atoms with E-state index in [4.69, 9.17) is 10.5 Å². The number of nitrogens with zero attached hydrogens (tertiary/aromatic N) is 3. The molecule has 1 aliphatic heterocycles. The fraction of sp³-hybridized carbons (Fsp3) is 0.769. The molecule has 0 radical (unpaired) electrons. The first-order valence-electron chi connectivity index (χ1n) is 6.97. The summed E-state index contributed by atoms with van der Waals surface area (Å²) < 4.78 is 34.8. The standard InChI is InChI=1S/C13H24N4O3S/c1-9-12(10(2)16(5)15-9)21(18,19)17-7-11(6-14)20-13(3,4)8-17/h11H,6-8,14H2,1-5H3. The van der Waals surface area contributed by atoms with E-state index in [1.807, 2.05) is 13.8 Å². The van der Waals surface area contributed by atoms with Crippen LogP contribution in [0, 0.1) is 13.8 Å². The Balaban J connectivity index is 2.43. The van der Waals surface area contributed by atoms with Gasteiger partial charge < -0.3 is 10.5 Å². The van der Waals surface area contributed by atoms with E-state index < -0.39 is 15.6 Å². The first-order chi connectivity index (χ1) is 9.58. The van der Waals surface area contributed by atoms with E-state index >= 15 is 0 Å². The van der Waals surface area contributed by atoms with Crippen molar-refractivity contribution < 1.29 is 13.2 Å². The number of nitrogens with two attached hydrogens (primary N) is 1. The van der Waals surface area contributed by atoms with E-state index in [9.17, 15) is 8.42 Å². The molecule has 8 heteroatoms. The predicted octanol–water partition coefficient (Wildman–Crippen LogP) is 0.164.